The summed E-state index contributed by atoms with van der Waals surface area (Å²) < 4.78 is 26.2. The first-order valence-corrected chi connectivity index (χ1v) is 12.9. The van der Waals surface area contributed by atoms with Crippen LogP contribution < -0.4 is 9.62 Å². The summed E-state index contributed by atoms with van der Waals surface area (Å²) in [6, 6.07) is 17.7. The Morgan fingerprint density at radius 1 is 0.939 bits per heavy atom. The fourth-order valence-corrected chi connectivity index (χ4v) is 4.76. The van der Waals surface area contributed by atoms with Crippen molar-refractivity contribution in [1.29, 1.82) is 0 Å². The number of aryl methyl sites for hydroxylation is 3. The zero-order valence-electron chi connectivity index (χ0n) is 19.5. The minimum atomic E-state index is -3.53. The van der Waals surface area contributed by atoms with Gasteiger partial charge in [-0.3, -0.25) is 9.10 Å². The van der Waals surface area contributed by atoms with Crippen molar-refractivity contribution < 1.29 is 13.2 Å². The molecule has 7 heteroatoms. The van der Waals surface area contributed by atoms with Gasteiger partial charge >= 0.3 is 0 Å². The lowest BCUT2D eigenvalue weighted by Crippen LogP contribution is -2.30. The van der Waals surface area contributed by atoms with Crippen molar-refractivity contribution in [1.82, 2.24) is 5.32 Å². The molecule has 5 nitrogen and oxygen atoms in total. The van der Waals surface area contributed by atoms with Gasteiger partial charge in [0.1, 0.15) is 0 Å². The van der Waals surface area contributed by atoms with Crippen molar-refractivity contribution >= 4 is 33.2 Å². The van der Waals surface area contributed by atoms with Gasteiger partial charge in [-0.2, -0.15) is 0 Å². The number of halogens is 1. The largest absolute Gasteiger partial charge is 0.346 e. The topological polar surface area (TPSA) is 66.5 Å². The Morgan fingerprint density at radius 3 is 2.09 bits per heavy atom. The third kappa shape index (κ3) is 6.15. The van der Waals surface area contributed by atoms with E-state index in [1.807, 2.05) is 13.8 Å². The molecule has 1 atom stereocenters. The van der Waals surface area contributed by atoms with Gasteiger partial charge in [0.05, 0.1) is 24.5 Å². The zero-order valence-corrected chi connectivity index (χ0v) is 21.1. The summed E-state index contributed by atoms with van der Waals surface area (Å²) in [6.07, 6.45) is 1.16. The quantitative estimate of drug-likeness (QED) is 0.466. The van der Waals surface area contributed by atoms with Crippen molar-refractivity contribution in [2.75, 3.05) is 10.6 Å². The van der Waals surface area contributed by atoms with E-state index in [0.29, 0.717) is 16.3 Å². The minimum absolute atomic E-state index is 0.158. The predicted molar refractivity (Wildman–Crippen MR) is 135 cm³/mol. The molecule has 0 aliphatic carbocycles. The summed E-state index contributed by atoms with van der Waals surface area (Å²) >= 11 is 5.93. The molecule has 33 heavy (non-hydrogen) atoms. The number of hydrogen-bond acceptors (Lipinski definition) is 3. The van der Waals surface area contributed by atoms with E-state index in [1.165, 1.54) is 15.4 Å². The lowest BCUT2D eigenvalue weighted by molar-refractivity contribution is 0.0940. The van der Waals surface area contributed by atoms with Gasteiger partial charge in [-0.25, -0.2) is 8.42 Å². The molecule has 3 rings (SSSR count). The van der Waals surface area contributed by atoms with Gasteiger partial charge in [0.15, 0.2) is 0 Å². The van der Waals surface area contributed by atoms with Crippen LogP contribution in [0.3, 0.4) is 0 Å². The Morgan fingerprint density at radius 2 is 1.52 bits per heavy atom. The molecule has 3 aromatic carbocycles. The number of nitrogens with zero attached hydrogens (tertiary/aromatic N) is 1. The van der Waals surface area contributed by atoms with E-state index < -0.39 is 10.0 Å². The van der Waals surface area contributed by atoms with E-state index in [-0.39, 0.29) is 18.5 Å². The molecule has 0 bridgehead atoms. The third-order valence-electron chi connectivity index (χ3n) is 5.75. The summed E-state index contributed by atoms with van der Waals surface area (Å²) in [7, 11) is -3.53. The molecule has 0 heterocycles. The molecule has 0 aliphatic heterocycles. The standard InChI is InChI=1S/C26H29ClN2O3S/c1-17-14-19(3)25(15-18(17)2)20(4)28-26(30)22-8-12-24(13-9-22)29(33(5,31)32)16-21-6-10-23(27)11-7-21/h6-15,20H,16H2,1-5H3,(H,28,30)/t20-/m0/s1. The van der Waals surface area contributed by atoms with Gasteiger partial charge in [-0.05, 0) is 91.9 Å². The number of benzene rings is 3. The number of carbonyl (C=O) groups is 1. The summed E-state index contributed by atoms with van der Waals surface area (Å²) in [6.45, 7) is 8.30. The van der Waals surface area contributed by atoms with E-state index in [0.717, 1.165) is 22.9 Å². The highest BCUT2D eigenvalue weighted by Crippen LogP contribution is 2.24. The van der Waals surface area contributed by atoms with E-state index in [4.69, 9.17) is 11.6 Å². The van der Waals surface area contributed by atoms with Crippen LogP contribution in [-0.2, 0) is 16.6 Å². The first-order chi connectivity index (χ1) is 15.5. The lowest BCUT2D eigenvalue weighted by atomic mass is 9.96. The van der Waals surface area contributed by atoms with Crippen LogP contribution in [0.25, 0.3) is 0 Å². The Balaban J connectivity index is 1.78. The summed E-state index contributed by atoms with van der Waals surface area (Å²) in [4.78, 5) is 12.8. The van der Waals surface area contributed by atoms with E-state index >= 15 is 0 Å². The van der Waals surface area contributed by atoms with Gasteiger partial charge in [0.2, 0.25) is 10.0 Å². The molecule has 0 aromatic heterocycles. The summed E-state index contributed by atoms with van der Waals surface area (Å²) in [5, 5.41) is 3.63. The number of sulfonamides is 1. The molecule has 0 radical (unpaired) electrons. The Kier molecular flexibility index (Phi) is 7.50. The number of carbonyl (C=O) groups excluding carboxylic acids is 1. The number of amides is 1. The Labute approximate surface area is 201 Å². The molecule has 3 aromatic rings. The van der Waals surface area contributed by atoms with Gasteiger partial charge < -0.3 is 5.32 Å². The van der Waals surface area contributed by atoms with Crippen molar-refractivity contribution in [2.45, 2.75) is 40.3 Å². The van der Waals surface area contributed by atoms with E-state index in [1.54, 1.807) is 48.5 Å². The monoisotopic (exact) mass is 484 g/mol. The van der Waals surface area contributed by atoms with Gasteiger partial charge in [-0.1, -0.05) is 35.9 Å². The van der Waals surface area contributed by atoms with E-state index in [2.05, 4.69) is 31.3 Å². The van der Waals surface area contributed by atoms with Crippen molar-refractivity contribution in [3.8, 4) is 0 Å². The second-order valence-corrected chi connectivity index (χ2v) is 10.8. The first kappa shape index (κ1) is 24.8. The highest BCUT2D eigenvalue weighted by molar-refractivity contribution is 7.92. The zero-order chi connectivity index (χ0) is 24.3. The molecule has 0 fully saturated rings. The Bertz CT molecular complexity index is 1250. The van der Waals surface area contributed by atoms with Gasteiger partial charge in [-0.15, -0.1) is 0 Å². The van der Waals surface area contributed by atoms with Gasteiger partial charge in [0.25, 0.3) is 5.91 Å². The second kappa shape index (κ2) is 9.98. The van der Waals surface area contributed by atoms with Crippen LogP contribution in [0.15, 0.2) is 60.7 Å². The molecular weight excluding hydrogens is 456 g/mol. The highest BCUT2D eigenvalue weighted by atomic mass is 35.5. The fraction of sp³-hybridized carbons (Fsp3) is 0.269. The van der Waals surface area contributed by atoms with Crippen LogP contribution >= 0.6 is 11.6 Å². The number of anilines is 1. The second-order valence-electron chi connectivity index (χ2n) is 8.43. The predicted octanol–water partition coefficient (Wildman–Crippen LogP) is 5.72. The molecule has 0 saturated carbocycles. The highest BCUT2D eigenvalue weighted by Gasteiger charge is 2.19. The normalized spacial score (nSPS) is 12.3. The number of nitrogens with one attached hydrogen (secondary N) is 1. The van der Waals surface area contributed by atoms with Crippen molar-refractivity contribution in [2.24, 2.45) is 0 Å². The smallest absolute Gasteiger partial charge is 0.251 e. The first-order valence-electron chi connectivity index (χ1n) is 10.7. The number of rotatable bonds is 7. The molecule has 1 N–H and O–H groups in total. The van der Waals surface area contributed by atoms with Crippen LogP contribution in [0.2, 0.25) is 5.02 Å². The molecule has 0 unspecified atom stereocenters. The molecule has 0 aliphatic rings. The molecular formula is C26H29ClN2O3S. The Hall–Kier alpha value is -2.83. The van der Waals surface area contributed by atoms with Gasteiger partial charge in [0, 0.05) is 10.6 Å². The van der Waals surface area contributed by atoms with Crippen LogP contribution in [-0.4, -0.2) is 20.6 Å². The average Bonchev–Trinajstić information content (AvgIpc) is 2.75. The average molecular weight is 485 g/mol. The molecule has 174 valence electrons. The SMILES string of the molecule is Cc1cc(C)c([C@H](C)NC(=O)c2ccc(N(Cc3ccc(Cl)cc3)S(C)(=O)=O)cc2)cc1C. The summed E-state index contributed by atoms with van der Waals surface area (Å²) in [5.41, 5.74) is 6.38. The van der Waals surface area contributed by atoms with E-state index in [9.17, 15) is 13.2 Å². The maximum absolute atomic E-state index is 12.8. The van der Waals surface area contributed by atoms with Crippen LogP contribution in [0, 0.1) is 20.8 Å². The van der Waals surface area contributed by atoms with Crippen LogP contribution in [0.5, 0.6) is 0 Å². The molecule has 0 saturated heterocycles. The maximum atomic E-state index is 12.8. The fourth-order valence-electron chi connectivity index (χ4n) is 3.74. The van der Waals surface area contributed by atoms with Crippen molar-refractivity contribution in [3.63, 3.8) is 0 Å². The summed E-state index contributed by atoms with van der Waals surface area (Å²) in [5.74, 6) is -0.213. The maximum Gasteiger partial charge on any atom is 0.251 e. The lowest BCUT2D eigenvalue weighted by Gasteiger charge is -2.23. The minimum Gasteiger partial charge on any atom is -0.346 e. The van der Waals surface area contributed by atoms with Crippen molar-refractivity contribution in [3.05, 3.63) is 99.1 Å². The molecule has 0 spiro atoms. The van der Waals surface area contributed by atoms with Crippen LogP contribution in [0.1, 0.15) is 51.1 Å². The van der Waals surface area contributed by atoms with Crippen LogP contribution in [0.4, 0.5) is 5.69 Å². The molecule has 1 amide bonds. The number of hydrogen-bond donors (Lipinski definition) is 1. The third-order valence-corrected chi connectivity index (χ3v) is 7.15.